The summed E-state index contributed by atoms with van der Waals surface area (Å²) in [5.41, 5.74) is -0.0638. The van der Waals surface area contributed by atoms with E-state index in [-0.39, 0.29) is 82.6 Å². The Morgan fingerprint density at radius 2 is 1.44 bits per heavy atom. The number of fused-ring (bicyclic) bond motifs is 1. The topological polar surface area (TPSA) is 132 Å². The largest absolute Gasteiger partial charge is 0.444 e. The second-order valence-corrected chi connectivity index (χ2v) is 13.2. The van der Waals surface area contributed by atoms with Crippen molar-refractivity contribution < 1.29 is 47.2 Å². The molecule has 48 heavy (non-hydrogen) atoms. The molecule has 1 aliphatic heterocycles. The van der Waals surface area contributed by atoms with Gasteiger partial charge >= 0.3 is 6.09 Å². The van der Waals surface area contributed by atoms with Crippen LogP contribution in [0.25, 0.3) is 10.9 Å². The van der Waals surface area contributed by atoms with E-state index in [9.17, 15) is 23.2 Å². The van der Waals surface area contributed by atoms with Crippen LogP contribution in [0.3, 0.4) is 0 Å². The highest BCUT2D eigenvalue weighted by molar-refractivity contribution is 5.99. The normalized spacial score (nSPS) is 16.7. The molecule has 12 nitrogen and oxygen atoms in total. The van der Waals surface area contributed by atoms with Crippen molar-refractivity contribution in [3.05, 3.63) is 35.5 Å². The molecule has 14 heteroatoms. The summed E-state index contributed by atoms with van der Waals surface area (Å²) < 4.78 is 51.8. The van der Waals surface area contributed by atoms with Crippen molar-refractivity contribution in [2.24, 2.45) is 5.92 Å². The number of alkyl carbamates (subject to hydrolysis) is 1. The minimum absolute atomic E-state index is 0.00888. The van der Waals surface area contributed by atoms with Gasteiger partial charge in [-0.2, -0.15) is 0 Å². The number of aliphatic hydroxyl groups is 1. The van der Waals surface area contributed by atoms with E-state index in [0.717, 1.165) is 44.2 Å². The van der Waals surface area contributed by atoms with Crippen LogP contribution < -0.4 is 5.32 Å². The lowest BCUT2D eigenvalue weighted by atomic mass is 9.83. The molecule has 1 aliphatic carbocycles. The Hall–Kier alpha value is -3.33. The number of nitrogens with one attached hydrogen (secondary N) is 1. The molecule has 1 saturated heterocycles. The highest BCUT2D eigenvalue weighted by atomic mass is 19.2. The van der Waals surface area contributed by atoms with Crippen LogP contribution in [0.2, 0.25) is 0 Å². The zero-order valence-electron chi connectivity index (χ0n) is 28.3. The molecule has 268 valence electrons. The first-order chi connectivity index (χ1) is 23.0. The van der Waals surface area contributed by atoms with Crippen molar-refractivity contribution in [3.63, 3.8) is 0 Å². The van der Waals surface area contributed by atoms with E-state index in [0.29, 0.717) is 30.7 Å². The van der Waals surface area contributed by atoms with Gasteiger partial charge < -0.3 is 43.7 Å². The molecule has 1 unspecified atom stereocenters. The Morgan fingerprint density at radius 3 is 2.06 bits per heavy atom. The van der Waals surface area contributed by atoms with Gasteiger partial charge in [0.2, 0.25) is 5.91 Å². The zero-order chi connectivity index (χ0) is 34.7. The molecule has 1 atom stereocenters. The van der Waals surface area contributed by atoms with Gasteiger partial charge in [-0.15, -0.1) is 0 Å². The minimum Gasteiger partial charge on any atom is -0.444 e. The molecule has 4 rings (SSSR count). The third-order valence-corrected chi connectivity index (χ3v) is 8.54. The van der Waals surface area contributed by atoms with E-state index in [1.807, 2.05) is 0 Å². The quantitative estimate of drug-likeness (QED) is 0.272. The summed E-state index contributed by atoms with van der Waals surface area (Å²) in [6.45, 7) is 8.32. The van der Waals surface area contributed by atoms with Gasteiger partial charge in [0.1, 0.15) is 17.3 Å². The van der Waals surface area contributed by atoms with Gasteiger partial charge in [0.15, 0.2) is 11.6 Å². The maximum Gasteiger partial charge on any atom is 0.408 e. The minimum atomic E-state index is -1.02. The molecule has 1 aromatic heterocycles. The molecule has 1 aromatic carbocycles. The summed E-state index contributed by atoms with van der Waals surface area (Å²) in [6.07, 6.45) is 4.15. The van der Waals surface area contributed by atoms with Crippen LogP contribution >= 0.6 is 0 Å². The number of ether oxygens (including phenoxy) is 4. The summed E-state index contributed by atoms with van der Waals surface area (Å²) in [5, 5.41) is 12.0. The van der Waals surface area contributed by atoms with Crippen LogP contribution in [0.5, 0.6) is 0 Å². The molecule has 0 radical (unpaired) electrons. The molecule has 2 N–H and O–H groups in total. The van der Waals surface area contributed by atoms with Crippen molar-refractivity contribution in [2.75, 3.05) is 72.4 Å². The van der Waals surface area contributed by atoms with Gasteiger partial charge in [0.05, 0.1) is 51.8 Å². The number of carbonyl (C=O) groups excluding carboxylic acids is 3. The van der Waals surface area contributed by atoms with E-state index in [1.165, 1.54) is 0 Å². The summed E-state index contributed by atoms with van der Waals surface area (Å²) in [7, 11) is 0. The fourth-order valence-electron chi connectivity index (χ4n) is 6.21. The van der Waals surface area contributed by atoms with Crippen molar-refractivity contribution in [1.82, 2.24) is 19.7 Å². The molecule has 3 amide bonds. The summed E-state index contributed by atoms with van der Waals surface area (Å²) in [6, 6.07) is 3.00. The van der Waals surface area contributed by atoms with Gasteiger partial charge in [0.25, 0.3) is 5.91 Å². The Bertz CT molecular complexity index is 1370. The lowest BCUT2D eigenvalue weighted by molar-refractivity contribution is -0.136. The molecule has 0 spiro atoms. The van der Waals surface area contributed by atoms with Gasteiger partial charge in [-0.25, -0.2) is 13.6 Å². The van der Waals surface area contributed by atoms with Crippen molar-refractivity contribution in [2.45, 2.75) is 71.1 Å². The number of benzene rings is 1. The number of amides is 3. The number of halogens is 2. The maximum absolute atomic E-state index is 14.3. The number of carbonyl (C=O) groups is 3. The number of nitrogens with zero attached hydrogens (tertiary/aromatic N) is 3. The summed E-state index contributed by atoms with van der Waals surface area (Å²) in [5.74, 6) is -2.51. The third-order valence-electron chi connectivity index (χ3n) is 8.54. The Balaban J connectivity index is 1.38. The highest BCUT2D eigenvalue weighted by Crippen LogP contribution is 2.29. The van der Waals surface area contributed by atoms with Crippen molar-refractivity contribution in [3.8, 4) is 0 Å². The van der Waals surface area contributed by atoms with Gasteiger partial charge in [-0.05, 0) is 51.7 Å². The number of hydrogen-bond acceptors (Lipinski definition) is 8. The van der Waals surface area contributed by atoms with Crippen molar-refractivity contribution in [1.29, 1.82) is 0 Å². The van der Waals surface area contributed by atoms with E-state index in [2.05, 4.69) is 5.32 Å². The predicted molar refractivity (Wildman–Crippen MR) is 174 cm³/mol. The molecular formula is C34H50F2N4O8. The smallest absolute Gasteiger partial charge is 0.408 e. The molecule has 0 bridgehead atoms. The van der Waals surface area contributed by atoms with Crippen molar-refractivity contribution >= 4 is 28.8 Å². The Morgan fingerprint density at radius 1 is 0.854 bits per heavy atom. The lowest BCUT2D eigenvalue weighted by Crippen LogP contribution is -2.58. The highest BCUT2D eigenvalue weighted by Gasteiger charge is 2.37. The first kappa shape index (κ1) is 37.5. The Kier molecular flexibility index (Phi) is 14.0. The van der Waals surface area contributed by atoms with Crippen LogP contribution in [0.15, 0.2) is 18.2 Å². The van der Waals surface area contributed by atoms with Crippen LogP contribution in [-0.4, -0.2) is 121 Å². The third kappa shape index (κ3) is 10.6. The second kappa shape index (κ2) is 17.9. The first-order valence-corrected chi connectivity index (χ1v) is 16.9. The molecule has 2 fully saturated rings. The Labute approximate surface area is 280 Å². The predicted octanol–water partition coefficient (Wildman–Crippen LogP) is 3.72. The van der Waals surface area contributed by atoms with E-state index in [1.54, 1.807) is 41.2 Å². The lowest BCUT2D eigenvalue weighted by Gasteiger charge is -2.39. The van der Waals surface area contributed by atoms with Crippen LogP contribution in [0.1, 0.15) is 63.4 Å². The van der Waals surface area contributed by atoms with E-state index < -0.39 is 29.4 Å². The first-order valence-electron chi connectivity index (χ1n) is 16.9. The average molecular weight is 681 g/mol. The van der Waals surface area contributed by atoms with Gasteiger partial charge in [-0.1, -0.05) is 19.3 Å². The van der Waals surface area contributed by atoms with E-state index in [4.69, 9.17) is 24.1 Å². The molecule has 1 saturated carbocycles. The van der Waals surface area contributed by atoms with Gasteiger partial charge in [0, 0.05) is 44.2 Å². The fraction of sp³-hybridized carbons (Fsp3) is 0.676. The van der Waals surface area contributed by atoms with Crippen LogP contribution in [-0.2, 0) is 30.3 Å². The maximum atomic E-state index is 14.3. The number of aliphatic hydroxyl groups excluding tert-OH is 1. The standard InChI is InChI=1S/C34H50F2N4O8/c1-34(2,3)48-33(44)37-30(24-7-5-4-6-8-24)32(43)39-11-9-38(10-12-39)31(42)29-22-25-21-26(35)27(36)23-28(25)40(29)13-15-45-17-19-47-20-18-46-16-14-41/h21-24,30,41H,4-20H2,1-3H3,(H,37,44). The zero-order valence-corrected chi connectivity index (χ0v) is 28.3. The van der Waals surface area contributed by atoms with Crippen LogP contribution in [0.4, 0.5) is 13.6 Å². The molecule has 2 aliphatic rings. The second-order valence-electron chi connectivity index (χ2n) is 13.2. The number of hydrogen-bond donors (Lipinski definition) is 2. The van der Waals surface area contributed by atoms with E-state index >= 15 is 0 Å². The summed E-state index contributed by atoms with van der Waals surface area (Å²) in [4.78, 5) is 43.6. The molecule has 2 aromatic rings. The number of piperazine rings is 1. The molecule has 2 heterocycles. The SMILES string of the molecule is CC(C)(C)OC(=O)NC(C(=O)N1CCN(C(=O)c2cc3cc(F)c(F)cc3n2CCOCCOCCOCCO)CC1)C1CCCCC1. The number of aromatic nitrogens is 1. The van der Waals surface area contributed by atoms with Crippen LogP contribution in [0, 0.1) is 17.6 Å². The fourth-order valence-corrected chi connectivity index (χ4v) is 6.21. The summed E-state index contributed by atoms with van der Waals surface area (Å²) >= 11 is 0. The molecular weight excluding hydrogens is 630 g/mol. The monoisotopic (exact) mass is 680 g/mol. The average Bonchev–Trinajstić information content (AvgIpc) is 3.40. The van der Waals surface area contributed by atoms with Gasteiger partial charge in [-0.3, -0.25) is 9.59 Å². The number of rotatable bonds is 15.